The first kappa shape index (κ1) is 12.4. The van der Waals surface area contributed by atoms with Crippen molar-refractivity contribution >= 4 is 29.8 Å². The van der Waals surface area contributed by atoms with E-state index in [9.17, 15) is 14.4 Å². The van der Waals surface area contributed by atoms with E-state index in [2.05, 4.69) is 4.72 Å². The molecule has 1 aliphatic heterocycles. The molecule has 0 bridgehead atoms. The molecule has 7 heteroatoms. The van der Waals surface area contributed by atoms with Gasteiger partial charge < -0.3 is 5.73 Å². The number of nitrogens with two attached hydrogens (primary N) is 1. The van der Waals surface area contributed by atoms with Crippen molar-refractivity contribution in [2.24, 2.45) is 5.73 Å². The average Bonchev–Trinajstić information content (AvgIpc) is 2.59. The van der Waals surface area contributed by atoms with Crippen molar-refractivity contribution < 1.29 is 14.4 Å². The fourth-order valence-corrected chi connectivity index (χ4v) is 2.22. The topological polar surface area (TPSA) is 92.5 Å². The average molecular weight is 265 g/mol. The molecule has 1 aliphatic rings. The number of urea groups is 1. The van der Waals surface area contributed by atoms with E-state index >= 15 is 0 Å². The van der Waals surface area contributed by atoms with Gasteiger partial charge in [0.2, 0.25) is 0 Å². The highest BCUT2D eigenvalue weighted by Gasteiger charge is 2.34. The Kier molecular flexibility index (Phi) is 3.52. The molecule has 1 aromatic carbocycles. The van der Waals surface area contributed by atoms with E-state index in [1.165, 1.54) is 4.90 Å². The highest BCUT2D eigenvalue weighted by molar-refractivity contribution is 7.97. The van der Waals surface area contributed by atoms with Crippen molar-refractivity contribution in [2.45, 2.75) is 0 Å². The van der Waals surface area contributed by atoms with Gasteiger partial charge in [-0.15, -0.1) is 0 Å². The minimum Gasteiger partial charge on any atom is -0.351 e. The fraction of sp³-hybridized carbons (Fsp3) is 0.182. The summed E-state index contributed by atoms with van der Waals surface area (Å²) >= 11 is 1.06. The number of carbonyl (C=O) groups excluding carboxylic acids is 3. The zero-order valence-corrected chi connectivity index (χ0v) is 10.2. The molecule has 94 valence electrons. The second-order valence-electron chi connectivity index (χ2n) is 3.62. The number of nitrogens with zero attached hydrogens (tertiary/aromatic N) is 1. The third kappa shape index (κ3) is 2.30. The number of hydrogen-bond donors (Lipinski definition) is 2. The van der Waals surface area contributed by atoms with Gasteiger partial charge in [0, 0.05) is 12.3 Å². The van der Waals surface area contributed by atoms with Gasteiger partial charge in [-0.2, -0.15) is 0 Å². The van der Waals surface area contributed by atoms with E-state index < -0.39 is 6.03 Å². The van der Waals surface area contributed by atoms with Gasteiger partial charge in [0.05, 0.1) is 11.1 Å². The molecule has 1 heterocycles. The SMILES string of the molecule is NC(=O)NSCCN1C(=O)c2ccccc2C1=O. The lowest BCUT2D eigenvalue weighted by Gasteiger charge is -2.12. The predicted octanol–water partition coefficient (Wildman–Crippen LogP) is 0.599. The largest absolute Gasteiger partial charge is 0.351 e. The summed E-state index contributed by atoms with van der Waals surface area (Å²) in [6.07, 6.45) is 0. The number of fused-ring (bicyclic) bond motifs is 1. The van der Waals surface area contributed by atoms with E-state index in [0.717, 1.165) is 11.9 Å². The Morgan fingerprint density at radius 2 is 1.78 bits per heavy atom. The van der Waals surface area contributed by atoms with Gasteiger partial charge >= 0.3 is 6.03 Å². The quantitative estimate of drug-likeness (QED) is 0.473. The monoisotopic (exact) mass is 265 g/mol. The number of carbonyl (C=O) groups is 3. The summed E-state index contributed by atoms with van der Waals surface area (Å²) in [6.45, 7) is 0.233. The van der Waals surface area contributed by atoms with Crippen molar-refractivity contribution in [1.82, 2.24) is 9.62 Å². The summed E-state index contributed by atoms with van der Waals surface area (Å²) < 4.78 is 2.33. The van der Waals surface area contributed by atoms with E-state index in [1.54, 1.807) is 24.3 Å². The normalized spacial score (nSPS) is 13.7. The van der Waals surface area contributed by atoms with Crippen LogP contribution in [0, 0.1) is 0 Å². The molecule has 0 atom stereocenters. The van der Waals surface area contributed by atoms with E-state index in [-0.39, 0.29) is 18.4 Å². The smallest absolute Gasteiger partial charge is 0.322 e. The van der Waals surface area contributed by atoms with Crippen LogP contribution in [0.3, 0.4) is 0 Å². The Morgan fingerprint density at radius 3 is 2.28 bits per heavy atom. The van der Waals surface area contributed by atoms with Gasteiger partial charge in [0.25, 0.3) is 11.8 Å². The van der Waals surface area contributed by atoms with Crippen molar-refractivity contribution in [1.29, 1.82) is 0 Å². The number of amides is 4. The Bertz CT molecular complexity index is 483. The molecule has 0 saturated carbocycles. The van der Waals surface area contributed by atoms with Crippen LogP contribution in [0.25, 0.3) is 0 Å². The lowest BCUT2D eigenvalue weighted by atomic mass is 10.1. The van der Waals surface area contributed by atoms with Crippen LogP contribution in [0.2, 0.25) is 0 Å². The maximum atomic E-state index is 11.9. The first-order valence-corrected chi connectivity index (χ1v) is 6.22. The fourth-order valence-electron chi connectivity index (χ4n) is 1.70. The van der Waals surface area contributed by atoms with Gasteiger partial charge in [-0.3, -0.25) is 19.2 Å². The summed E-state index contributed by atoms with van der Waals surface area (Å²) in [6, 6.07) is 6.05. The number of benzene rings is 1. The molecular formula is C11H11N3O3S. The molecule has 0 aliphatic carbocycles. The zero-order valence-electron chi connectivity index (χ0n) is 9.38. The highest BCUT2D eigenvalue weighted by Crippen LogP contribution is 2.22. The third-order valence-corrected chi connectivity index (χ3v) is 3.20. The molecular weight excluding hydrogens is 254 g/mol. The molecule has 2 rings (SSSR count). The molecule has 6 nitrogen and oxygen atoms in total. The van der Waals surface area contributed by atoms with Crippen LogP contribution >= 0.6 is 11.9 Å². The number of rotatable bonds is 4. The van der Waals surface area contributed by atoms with Gasteiger partial charge in [-0.25, -0.2) is 4.79 Å². The van der Waals surface area contributed by atoms with Crippen molar-refractivity contribution in [2.75, 3.05) is 12.3 Å². The molecule has 0 fully saturated rings. The molecule has 3 N–H and O–H groups in total. The van der Waals surface area contributed by atoms with Gasteiger partial charge in [-0.1, -0.05) is 12.1 Å². The second kappa shape index (κ2) is 5.09. The van der Waals surface area contributed by atoms with Crippen LogP contribution in [0.15, 0.2) is 24.3 Å². The maximum Gasteiger partial charge on any atom is 0.322 e. The Hall–Kier alpha value is -2.02. The molecule has 1 aromatic rings. The van der Waals surface area contributed by atoms with E-state index in [4.69, 9.17) is 5.73 Å². The molecule has 4 amide bonds. The van der Waals surface area contributed by atoms with Gasteiger partial charge in [0.1, 0.15) is 0 Å². The minimum absolute atomic E-state index is 0.233. The number of primary amides is 1. The first-order chi connectivity index (χ1) is 8.61. The summed E-state index contributed by atoms with van der Waals surface area (Å²) in [7, 11) is 0. The minimum atomic E-state index is -0.651. The molecule has 0 unspecified atom stereocenters. The molecule has 0 saturated heterocycles. The number of nitrogens with one attached hydrogen (secondary N) is 1. The van der Waals surface area contributed by atoms with E-state index in [1.807, 2.05) is 0 Å². The van der Waals surface area contributed by atoms with E-state index in [0.29, 0.717) is 16.9 Å². The predicted molar refractivity (Wildman–Crippen MR) is 67.0 cm³/mol. The highest BCUT2D eigenvalue weighted by atomic mass is 32.2. The number of imide groups is 1. The molecule has 18 heavy (non-hydrogen) atoms. The Morgan fingerprint density at radius 1 is 1.22 bits per heavy atom. The van der Waals surface area contributed by atoms with Crippen LogP contribution in [0.5, 0.6) is 0 Å². The van der Waals surface area contributed by atoms with Crippen molar-refractivity contribution in [3.05, 3.63) is 35.4 Å². The summed E-state index contributed by atoms with van der Waals surface area (Å²) in [5, 5.41) is 0. The first-order valence-electron chi connectivity index (χ1n) is 5.23. The standard InChI is InChI=1S/C11H11N3O3S/c12-11(17)13-18-6-5-14-9(15)7-3-1-2-4-8(7)10(14)16/h1-4H,5-6H2,(H3,12,13,17). The third-order valence-electron chi connectivity index (χ3n) is 2.47. The number of hydrogen-bond acceptors (Lipinski definition) is 4. The Balaban J connectivity index is 1.99. The van der Waals surface area contributed by atoms with Crippen LogP contribution in [0.4, 0.5) is 4.79 Å². The van der Waals surface area contributed by atoms with Crippen LogP contribution in [-0.4, -0.2) is 35.0 Å². The van der Waals surface area contributed by atoms with Gasteiger partial charge in [0.15, 0.2) is 0 Å². The lowest BCUT2D eigenvalue weighted by molar-refractivity contribution is 0.0664. The second-order valence-corrected chi connectivity index (χ2v) is 4.52. The van der Waals surface area contributed by atoms with Crippen molar-refractivity contribution in [3.63, 3.8) is 0 Å². The van der Waals surface area contributed by atoms with Gasteiger partial charge in [-0.05, 0) is 24.1 Å². The summed E-state index contributed by atoms with van der Waals surface area (Å²) in [4.78, 5) is 35.5. The Labute approximate surface area is 108 Å². The zero-order chi connectivity index (χ0) is 13.1. The van der Waals surface area contributed by atoms with Crippen LogP contribution in [0.1, 0.15) is 20.7 Å². The molecule has 0 spiro atoms. The summed E-state index contributed by atoms with van der Waals surface area (Å²) in [5.41, 5.74) is 5.74. The molecule has 0 aromatic heterocycles. The van der Waals surface area contributed by atoms with Crippen LogP contribution < -0.4 is 10.5 Å². The lowest BCUT2D eigenvalue weighted by Crippen LogP contribution is -2.33. The van der Waals surface area contributed by atoms with Crippen molar-refractivity contribution in [3.8, 4) is 0 Å². The summed E-state index contributed by atoms with van der Waals surface area (Å²) in [5.74, 6) is -0.195. The van der Waals surface area contributed by atoms with Crippen LogP contribution in [-0.2, 0) is 0 Å². The molecule has 0 radical (unpaired) electrons. The maximum absolute atomic E-state index is 11.9.